The third-order valence-corrected chi connectivity index (χ3v) is 3.95. The lowest BCUT2D eigenvalue weighted by atomic mass is 9.95. The van der Waals surface area contributed by atoms with Crippen LogP contribution in [0.2, 0.25) is 0 Å². The zero-order valence-electron chi connectivity index (χ0n) is 8.83. The van der Waals surface area contributed by atoms with Crippen molar-refractivity contribution in [2.45, 2.75) is 45.1 Å². The maximum Gasteiger partial charge on any atom is 0.311 e. The van der Waals surface area contributed by atoms with Crippen molar-refractivity contribution in [1.82, 2.24) is 4.90 Å². The number of carbonyl (C=O) groups is 1. The van der Waals surface area contributed by atoms with E-state index in [4.69, 9.17) is 0 Å². The van der Waals surface area contributed by atoms with E-state index >= 15 is 0 Å². The fourth-order valence-corrected chi connectivity index (χ4v) is 2.60. The molecule has 0 radical (unpaired) electrons. The normalized spacial score (nSPS) is 28.4. The first-order valence-corrected chi connectivity index (χ1v) is 5.64. The van der Waals surface area contributed by atoms with Crippen LogP contribution in [0.25, 0.3) is 0 Å². The molecule has 0 spiro atoms. The van der Waals surface area contributed by atoms with Crippen LogP contribution in [-0.4, -0.2) is 35.1 Å². The van der Waals surface area contributed by atoms with Crippen molar-refractivity contribution in [3.63, 3.8) is 0 Å². The lowest BCUT2D eigenvalue weighted by Crippen LogP contribution is -2.45. The maximum atomic E-state index is 11.1. The second-order valence-corrected chi connectivity index (χ2v) is 4.73. The second kappa shape index (κ2) is 3.54. The summed E-state index contributed by atoms with van der Waals surface area (Å²) < 4.78 is 0. The van der Waals surface area contributed by atoms with E-state index in [0.29, 0.717) is 0 Å². The number of aliphatic carboxylic acids is 1. The first kappa shape index (κ1) is 9.97. The van der Waals surface area contributed by atoms with Crippen molar-refractivity contribution in [2.75, 3.05) is 13.1 Å². The highest BCUT2D eigenvalue weighted by Gasteiger charge is 2.55. The van der Waals surface area contributed by atoms with Gasteiger partial charge in [-0.05, 0) is 45.7 Å². The molecule has 0 aromatic heterocycles. The lowest BCUT2D eigenvalue weighted by molar-refractivity contribution is -0.146. The van der Waals surface area contributed by atoms with Gasteiger partial charge in [0.05, 0.1) is 5.41 Å². The van der Waals surface area contributed by atoms with E-state index < -0.39 is 11.4 Å². The molecule has 1 saturated carbocycles. The Kier molecular flexibility index (Phi) is 2.52. The molecule has 0 bridgehead atoms. The Morgan fingerprint density at radius 2 is 1.86 bits per heavy atom. The molecule has 1 aliphatic heterocycles. The molecule has 2 aliphatic rings. The molecule has 1 saturated heterocycles. The molecular weight excluding hydrogens is 178 g/mol. The van der Waals surface area contributed by atoms with E-state index in [9.17, 15) is 9.90 Å². The standard InChI is InChI=1S/C11H19NO2/c1-9(11(5-6-11)10(13)14)12-7-3-2-4-8-12/h9H,2-8H2,1H3,(H,13,14). The van der Waals surface area contributed by atoms with Gasteiger partial charge in [0.2, 0.25) is 0 Å². The van der Waals surface area contributed by atoms with Crippen molar-refractivity contribution in [3.8, 4) is 0 Å². The largest absolute Gasteiger partial charge is 0.481 e. The smallest absolute Gasteiger partial charge is 0.311 e. The molecule has 0 aromatic rings. The van der Waals surface area contributed by atoms with Crippen LogP contribution in [0.5, 0.6) is 0 Å². The first-order chi connectivity index (χ1) is 6.67. The summed E-state index contributed by atoms with van der Waals surface area (Å²) in [6.45, 7) is 4.28. The van der Waals surface area contributed by atoms with Crippen LogP contribution in [0, 0.1) is 5.41 Å². The quantitative estimate of drug-likeness (QED) is 0.749. The average molecular weight is 197 g/mol. The highest BCUT2D eigenvalue weighted by Crippen LogP contribution is 2.50. The Labute approximate surface area is 85.1 Å². The molecule has 2 fully saturated rings. The predicted molar refractivity (Wildman–Crippen MR) is 54.2 cm³/mol. The Balaban J connectivity index is 1.99. The van der Waals surface area contributed by atoms with Gasteiger partial charge in [-0.1, -0.05) is 6.42 Å². The number of piperidine rings is 1. The summed E-state index contributed by atoms with van der Waals surface area (Å²) in [7, 11) is 0. The molecular formula is C11H19NO2. The zero-order chi connectivity index (χ0) is 10.2. The molecule has 80 valence electrons. The number of carboxylic acid groups (broad SMARTS) is 1. The van der Waals surface area contributed by atoms with Crippen LogP contribution in [-0.2, 0) is 4.79 Å². The molecule has 3 heteroatoms. The molecule has 14 heavy (non-hydrogen) atoms. The summed E-state index contributed by atoms with van der Waals surface area (Å²) in [6, 6.07) is 0.236. The molecule has 0 amide bonds. The van der Waals surface area contributed by atoms with Crippen LogP contribution in [0.1, 0.15) is 39.0 Å². The minimum absolute atomic E-state index is 0.236. The van der Waals surface area contributed by atoms with E-state index in [2.05, 4.69) is 11.8 Å². The molecule has 1 aliphatic carbocycles. The van der Waals surface area contributed by atoms with Gasteiger partial charge in [0.25, 0.3) is 0 Å². The van der Waals surface area contributed by atoms with Crippen LogP contribution in [0.4, 0.5) is 0 Å². The minimum atomic E-state index is -0.587. The van der Waals surface area contributed by atoms with Gasteiger partial charge in [0.15, 0.2) is 0 Å². The predicted octanol–water partition coefficient (Wildman–Crippen LogP) is 1.73. The van der Waals surface area contributed by atoms with Gasteiger partial charge in [-0.2, -0.15) is 0 Å². The summed E-state index contributed by atoms with van der Waals surface area (Å²) in [5.74, 6) is -0.587. The number of likely N-dealkylation sites (tertiary alicyclic amines) is 1. The van der Waals surface area contributed by atoms with Gasteiger partial charge in [-0.15, -0.1) is 0 Å². The first-order valence-electron chi connectivity index (χ1n) is 5.64. The van der Waals surface area contributed by atoms with Crippen molar-refractivity contribution in [3.05, 3.63) is 0 Å². The molecule has 3 nitrogen and oxygen atoms in total. The van der Waals surface area contributed by atoms with Crippen molar-refractivity contribution >= 4 is 5.97 Å². The van der Waals surface area contributed by atoms with Gasteiger partial charge in [-0.25, -0.2) is 0 Å². The summed E-state index contributed by atoms with van der Waals surface area (Å²) in [4.78, 5) is 13.5. The number of rotatable bonds is 3. The van der Waals surface area contributed by atoms with E-state index in [1.165, 1.54) is 19.3 Å². The second-order valence-electron chi connectivity index (χ2n) is 4.73. The summed E-state index contributed by atoms with van der Waals surface area (Å²) >= 11 is 0. The monoisotopic (exact) mass is 197 g/mol. The topological polar surface area (TPSA) is 40.5 Å². The van der Waals surface area contributed by atoms with Crippen molar-refractivity contribution in [1.29, 1.82) is 0 Å². The SMILES string of the molecule is CC(N1CCCCC1)C1(C(=O)O)CC1. The molecule has 1 N–H and O–H groups in total. The zero-order valence-corrected chi connectivity index (χ0v) is 8.83. The minimum Gasteiger partial charge on any atom is -0.481 e. The van der Waals surface area contributed by atoms with Crippen molar-refractivity contribution in [2.24, 2.45) is 5.41 Å². The van der Waals surface area contributed by atoms with Gasteiger partial charge in [0.1, 0.15) is 0 Å². The third-order valence-electron chi connectivity index (χ3n) is 3.95. The average Bonchev–Trinajstić information content (AvgIpc) is 2.99. The highest BCUT2D eigenvalue weighted by atomic mass is 16.4. The van der Waals surface area contributed by atoms with E-state index in [-0.39, 0.29) is 6.04 Å². The van der Waals surface area contributed by atoms with E-state index in [0.717, 1.165) is 25.9 Å². The summed E-state index contributed by atoms with van der Waals surface area (Å²) in [5.41, 5.74) is -0.392. The fourth-order valence-electron chi connectivity index (χ4n) is 2.60. The molecule has 0 aromatic carbocycles. The fraction of sp³-hybridized carbons (Fsp3) is 0.909. The summed E-state index contributed by atoms with van der Waals surface area (Å²) in [5, 5.41) is 9.18. The third kappa shape index (κ3) is 1.54. The molecule has 2 rings (SSSR count). The van der Waals surface area contributed by atoms with Crippen LogP contribution < -0.4 is 0 Å². The molecule has 1 atom stereocenters. The Morgan fingerprint density at radius 3 is 2.29 bits per heavy atom. The Morgan fingerprint density at radius 1 is 1.29 bits per heavy atom. The van der Waals surface area contributed by atoms with Crippen LogP contribution in [0.15, 0.2) is 0 Å². The summed E-state index contributed by atoms with van der Waals surface area (Å²) in [6.07, 6.45) is 5.53. The number of carboxylic acids is 1. The lowest BCUT2D eigenvalue weighted by Gasteiger charge is -2.35. The number of nitrogens with zero attached hydrogens (tertiary/aromatic N) is 1. The van der Waals surface area contributed by atoms with E-state index in [1.807, 2.05) is 0 Å². The van der Waals surface area contributed by atoms with Crippen LogP contribution >= 0.6 is 0 Å². The Bertz CT molecular complexity index is 229. The highest BCUT2D eigenvalue weighted by molar-refractivity contribution is 5.78. The van der Waals surface area contributed by atoms with E-state index in [1.54, 1.807) is 0 Å². The van der Waals surface area contributed by atoms with Gasteiger partial charge < -0.3 is 5.11 Å². The number of hydrogen-bond acceptors (Lipinski definition) is 2. The maximum absolute atomic E-state index is 11.1. The van der Waals surface area contributed by atoms with Gasteiger partial charge in [0, 0.05) is 6.04 Å². The van der Waals surface area contributed by atoms with Crippen LogP contribution in [0.3, 0.4) is 0 Å². The molecule has 1 unspecified atom stereocenters. The number of hydrogen-bond donors (Lipinski definition) is 1. The van der Waals surface area contributed by atoms with Crippen molar-refractivity contribution < 1.29 is 9.90 Å². The van der Waals surface area contributed by atoms with Gasteiger partial charge in [-0.3, -0.25) is 9.69 Å². The van der Waals surface area contributed by atoms with Gasteiger partial charge >= 0.3 is 5.97 Å². The molecule has 1 heterocycles. The Hall–Kier alpha value is -0.570.